The van der Waals surface area contributed by atoms with Crippen molar-refractivity contribution in [3.8, 4) is 11.8 Å². The van der Waals surface area contributed by atoms with E-state index >= 15 is 0 Å². The van der Waals surface area contributed by atoms with E-state index in [4.69, 9.17) is 10.00 Å². The fraction of sp³-hybridized carbons (Fsp3) is 0.364. The molecule has 2 rings (SSSR count). The number of carbonyl (C=O) groups excluding carboxylic acids is 1. The SMILES string of the molecule is CCOc1ccc(N(CCC#N)C(=O)CS(=O)(=O)CCCc2ccccc2)cc1. The van der Waals surface area contributed by atoms with Crippen LogP contribution >= 0.6 is 0 Å². The zero-order valence-corrected chi connectivity index (χ0v) is 17.4. The van der Waals surface area contributed by atoms with Gasteiger partial charge in [-0.1, -0.05) is 30.3 Å². The average molecular weight is 415 g/mol. The summed E-state index contributed by atoms with van der Waals surface area (Å²) in [5, 5.41) is 8.89. The van der Waals surface area contributed by atoms with E-state index in [-0.39, 0.29) is 18.7 Å². The molecule has 29 heavy (non-hydrogen) atoms. The van der Waals surface area contributed by atoms with Gasteiger partial charge in [0.2, 0.25) is 5.91 Å². The van der Waals surface area contributed by atoms with Crippen LogP contribution in [0.5, 0.6) is 5.75 Å². The lowest BCUT2D eigenvalue weighted by Gasteiger charge is -2.22. The van der Waals surface area contributed by atoms with Gasteiger partial charge in [0.1, 0.15) is 11.5 Å². The van der Waals surface area contributed by atoms with Crippen molar-refractivity contribution in [3.05, 3.63) is 60.2 Å². The van der Waals surface area contributed by atoms with Gasteiger partial charge in [-0.15, -0.1) is 0 Å². The molecule has 0 atom stereocenters. The van der Waals surface area contributed by atoms with Gasteiger partial charge in [0.05, 0.1) is 24.8 Å². The summed E-state index contributed by atoms with van der Waals surface area (Å²) in [5.74, 6) is -0.481. The second-order valence-corrected chi connectivity index (χ2v) is 8.75. The van der Waals surface area contributed by atoms with Gasteiger partial charge < -0.3 is 9.64 Å². The lowest BCUT2D eigenvalue weighted by molar-refractivity contribution is -0.116. The van der Waals surface area contributed by atoms with Gasteiger partial charge >= 0.3 is 0 Å². The number of benzene rings is 2. The van der Waals surface area contributed by atoms with Crippen LogP contribution in [-0.4, -0.2) is 39.0 Å². The third kappa shape index (κ3) is 7.59. The summed E-state index contributed by atoms with van der Waals surface area (Å²) in [6.45, 7) is 2.54. The number of sulfone groups is 1. The lowest BCUT2D eigenvalue weighted by Crippen LogP contribution is -2.37. The van der Waals surface area contributed by atoms with Gasteiger partial charge in [0, 0.05) is 12.2 Å². The molecule has 0 saturated heterocycles. The molecule has 1 amide bonds. The van der Waals surface area contributed by atoms with E-state index in [0.717, 1.165) is 5.56 Å². The zero-order valence-electron chi connectivity index (χ0n) is 16.6. The Hall–Kier alpha value is -2.85. The highest BCUT2D eigenvalue weighted by Gasteiger charge is 2.23. The third-order valence-corrected chi connectivity index (χ3v) is 5.91. The number of hydrogen-bond acceptors (Lipinski definition) is 5. The van der Waals surface area contributed by atoms with Gasteiger partial charge in [-0.2, -0.15) is 5.26 Å². The van der Waals surface area contributed by atoms with Crippen molar-refractivity contribution in [1.82, 2.24) is 0 Å². The summed E-state index contributed by atoms with van der Waals surface area (Å²) >= 11 is 0. The summed E-state index contributed by atoms with van der Waals surface area (Å²) < 4.78 is 30.3. The van der Waals surface area contributed by atoms with Gasteiger partial charge in [0.15, 0.2) is 9.84 Å². The van der Waals surface area contributed by atoms with Crippen LogP contribution in [-0.2, 0) is 21.1 Å². The first-order valence-electron chi connectivity index (χ1n) is 9.59. The number of carbonyl (C=O) groups is 1. The number of anilines is 1. The van der Waals surface area contributed by atoms with E-state index in [1.54, 1.807) is 24.3 Å². The molecule has 0 saturated carbocycles. The summed E-state index contributed by atoms with van der Waals surface area (Å²) in [7, 11) is -3.54. The molecule has 0 N–H and O–H groups in total. The Morgan fingerprint density at radius 1 is 1.10 bits per heavy atom. The number of amides is 1. The van der Waals surface area contributed by atoms with Crippen LogP contribution in [0.15, 0.2) is 54.6 Å². The third-order valence-electron chi connectivity index (χ3n) is 4.31. The molecule has 2 aromatic carbocycles. The van der Waals surface area contributed by atoms with E-state index < -0.39 is 21.5 Å². The van der Waals surface area contributed by atoms with E-state index in [2.05, 4.69) is 0 Å². The van der Waals surface area contributed by atoms with Crippen LogP contribution < -0.4 is 9.64 Å². The minimum absolute atomic E-state index is 0.0526. The Morgan fingerprint density at radius 3 is 2.41 bits per heavy atom. The standard InChI is InChI=1S/C22H26N2O4S/c1-2-28-21-13-11-20(12-14-21)24(16-7-15-23)22(25)18-29(26,27)17-6-10-19-8-4-3-5-9-19/h3-5,8-9,11-14H,2,6-7,10,16-18H2,1H3. The molecule has 0 aliphatic heterocycles. The summed E-state index contributed by atoms with van der Waals surface area (Å²) in [6.07, 6.45) is 1.22. The second kappa shape index (κ2) is 11.2. The normalized spacial score (nSPS) is 10.9. The van der Waals surface area contributed by atoms with Gasteiger partial charge in [-0.25, -0.2) is 8.42 Å². The van der Waals surface area contributed by atoms with Crippen LogP contribution in [0.1, 0.15) is 25.3 Å². The van der Waals surface area contributed by atoms with Crippen molar-refractivity contribution >= 4 is 21.4 Å². The van der Waals surface area contributed by atoms with E-state index in [0.29, 0.717) is 30.9 Å². The molecule has 7 heteroatoms. The van der Waals surface area contributed by atoms with Crippen molar-refractivity contribution in [2.45, 2.75) is 26.2 Å². The number of aryl methyl sites for hydroxylation is 1. The molecular weight excluding hydrogens is 388 g/mol. The molecule has 154 valence electrons. The molecule has 2 aromatic rings. The molecule has 0 heterocycles. The fourth-order valence-corrected chi connectivity index (χ4v) is 4.19. The molecule has 0 aliphatic rings. The highest BCUT2D eigenvalue weighted by atomic mass is 32.2. The second-order valence-electron chi connectivity index (χ2n) is 6.56. The Kier molecular flexibility index (Phi) is 8.68. The maximum atomic E-state index is 12.7. The Bertz CT molecular complexity index is 920. The smallest absolute Gasteiger partial charge is 0.242 e. The molecule has 0 radical (unpaired) electrons. The van der Waals surface area contributed by atoms with Crippen LogP contribution in [0.2, 0.25) is 0 Å². The molecule has 6 nitrogen and oxygen atoms in total. The molecule has 0 unspecified atom stereocenters. The van der Waals surface area contributed by atoms with E-state index in [1.807, 2.05) is 43.3 Å². The van der Waals surface area contributed by atoms with E-state index in [1.165, 1.54) is 4.90 Å². The summed E-state index contributed by atoms with van der Waals surface area (Å²) in [5.41, 5.74) is 1.62. The van der Waals surface area contributed by atoms with Crippen LogP contribution in [0.4, 0.5) is 5.69 Å². The molecule has 0 bridgehead atoms. The first-order chi connectivity index (χ1) is 13.9. The Balaban J connectivity index is 2.01. The predicted molar refractivity (Wildman–Crippen MR) is 114 cm³/mol. The van der Waals surface area contributed by atoms with Crippen LogP contribution in [0.3, 0.4) is 0 Å². The summed E-state index contributed by atoms with van der Waals surface area (Å²) in [4.78, 5) is 14.1. The number of rotatable bonds is 11. The van der Waals surface area contributed by atoms with Crippen molar-refractivity contribution in [1.29, 1.82) is 5.26 Å². The Labute approximate surface area is 172 Å². The van der Waals surface area contributed by atoms with Gasteiger partial charge in [-0.05, 0) is 49.6 Å². The number of nitriles is 1. The zero-order chi connectivity index (χ0) is 21.1. The summed E-state index contributed by atoms with van der Waals surface area (Å²) in [6, 6.07) is 18.5. The van der Waals surface area contributed by atoms with E-state index in [9.17, 15) is 13.2 Å². The maximum absolute atomic E-state index is 12.7. The largest absolute Gasteiger partial charge is 0.494 e. The number of nitrogens with zero attached hydrogens (tertiary/aromatic N) is 2. The molecule has 0 spiro atoms. The molecular formula is C22H26N2O4S. The quantitative estimate of drug-likeness (QED) is 0.562. The Morgan fingerprint density at radius 2 is 1.79 bits per heavy atom. The average Bonchev–Trinajstić information content (AvgIpc) is 2.70. The number of ether oxygens (including phenoxy) is 1. The van der Waals surface area contributed by atoms with Gasteiger partial charge in [0.25, 0.3) is 0 Å². The van der Waals surface area contributed by atoms with Crippen molar-refractivity contribution in [2.24, 2.45) is 0 Å². The monoisotopic (exact) mass is 414 g/mol. The van der Waals surface area contributed by atoms with Crippen LogP contribution in [0.25, 0.3) is 0 Å². The van der Waals surface area contributed by atoms with Crippen molar-refractivity contribution in [3.63, 3.8) is 0 Å². The highest BCUT2D eigenvalue weighted by molar-refractivity contribution is 7.92. The van der Waals surface area contributed by atoms with Crippen molar-refractivity contribution in [2.75, 3.05) is 29.6 Å². The van der Waals surface area contributed by atoms with Crippen molar-refractivity contribution < 1.29 is 17.9 Å². The minimum Gasteiger partial charge on any atom is -0.494 e. The highest BCUT2D eigenvalue weighted by Crippen LogP contribution is 2.20. The predicted octanol–water partition coefficient (Wildman–Crippen LogP) is 3.38. The minimum atomic E-state index is -3.54. The topological polar surface area (TPSA) is 87.5 Å². The molecule has 0 aromatic heterocycles. The van der Waals surface area contributed by atoms with Crippen LogP contribution in [0, 0.1) is 11.3 Å². The molecule has 0 aliphatic carbocycles. The van der Waals surface area contributed by atoms with Gasteiger partial charge in [-0.3, -0.25) is 4.79 Å². The first kappa shape index (κ1) is 22.4. The fourth-order valence-electron chi connectivity index (χ4n) is 2.93. The first-order valence-corrected chi connectivity index (χ1v) is 11.4. The maximum Gasteiger partial charge on any atom is 0.242 e. The lowest BCUT2D eigenvalue weighted by atomic mass is 10.1. The molecule has 0 fully saturated rings. The number of hydrogen-bond donors (Lipinski definition) is 0.